The molecule has 2 heterocycles. The summed E-state index contributed by atoms with van der Waals surface area (Å²) in [5.74, 6) is 0.0295. The maximum absolute atomic E-state index is 12.1. The molecule has 2 aliphatic heterocycles. The molecule has 1 N–H and O–H groups in total. The predicted octanol–water partition coefficient (Wildman–Crippen LogP) is 1.53. The molecular weight excluding hydrogens is 304 g/mol. The number of hydrogen-bond acceptors (Lipinski definition) is 4. The molecule has 0 bridgehead atoms. The zero-order chi connectivity index (χ0) is 15.5. The molecule has 5 nitrogen and oxygen atoms in total. The third-order valence-corrected chi connectivity index (χ3v) is 4.48. The average molecular weight is 325 g/mol. The molecule has 6 heteroatoms. The number of carbonyl (C=O) groups excluding carboxylic acids is 1. The van der Waals surface area contributed by atoms with Crippen LogP contribution in [0.3, 0.4) is 0 Å². The number of morpholine rings is 1. The maximum Gasteiger partial charge on any atom is 0.248 e. The molecule has 2 aliphatic rings. The van der Waals surface area contributed by atoms with E-state index in [1.54, 1.807) is 7.11 Å². The highest BCUT2D eigenvalue weighted by molar-refractivity contribution is 6.30. The summed E-state index contributed by atoms with van der Waals surface area (Å²) >= 11 is 6.28. The third-order valence-electron chi connectivity index (χ3n) is 4.26. The van der Waals surface area contributed by atoms with Gasteiger partial charge in [0.05, 0.1) is 19.3 Å². The molecule has 0 saturated carbocycles. The second kappa shape index (κ2) is 6.96. The lowest BCUT2D eigenvalue weighted by molar-refractivity contribution is -0.136. The van der Waals surface area contributed by atoms with Crippen LogP contribution >= 0.6 is 11.6 Å². The van der Waals surface area contributed by atoms with Gasteiger partial charge >= 0.3 is 0 Å². The van der Waals surface area contributed by atoms with Gasteiger partial charge in [-0.1, -0.05) is 11.6 Å². The normalized spacial score (nSPS) is 21.5. The number of nitrogens with one attached hydrogen (secondary N) is 1. The zero-order valence-electron chi connectivity index (χ0n) is 12.7. The number of benzene rings is 1. The van der Waals surface area contributed by atoms with Crippen molar-refractivity contribution in [2.75, 3.05) is 40.0 Å². The van der Waals surface area contributed by atoms with Crippen LogP contribution in [0.25, 0.3) is 0 Å². The van der Waals surface area contributed by atoms with Gasteiger partial charge < -0.3 is 19.7 Å². The SMILES string of the molecule is COCC(=O)N1CCc2cc(Cl)cc(C3COCCN3)c2C1. The van der Waals surface area contributed by atoms with Crippen molar-refractivity contribution in [2.24, 2.45) is 0 Å². The first kappa shape index (κ1) is 15.7. The Kier molecular flexibility index (Phi) is 4.98. The van der Waals surface area contributed by atoms with Crippen LogP contribution in [0.2, 0.25) is 5.02 Å². The molecule has 3 rings (SSSR count). The maximum atomic E-state index is 12.1. The molecule has 0 spiro atoms. The second-order valence-corrected chi connectivity index (χ2v) is 6.15. The van der Waals surface area contributed by atoms with E-state index in [1.807, 2.05) is 17.0 Å². The monoisotopic (exact) mass is 324 g/mol. The fourth-order valence-electron chi connectivity index (χ4n) is 3.16. The van der Waals surface area contributed by atoms with Gasteiger partial charge in [0.15, 0.2) is 0 Å². The van der Waals surface area contributed by atoms with Crippen LogP contribution in [0.4, 0.5) is 0 Å². The summed E-state index contributed by atoms with van der Waals surface area (Å²) in [6, 6.07) is 4.15. The summed E-state index contributed by atoms with van der Waals surface area (Å²) in [7, 11) is 1.55. The van der Waals surface area contributed by atoms with Crippen molar-refractivity contribution in [2.45, 2.75) is 19.0 Å². The predicted molar refractivity (Wildman–Crippen MR) is 84.0 cm³/mol. The quantitative estimate of drug-likeness (QED) is 0.916. The number of rotatable bonds is 3. The summed E-state index contributed by atoms with van der Waals surface area (Å²) in [5.41, 5.74) is 3.58. The van der Waals surface area contributed by atoms with Gasteiger partial charge in [0.1, 0.15) is 6.61 Å². The van der Waals surface area contributed by atoms with E-state index < -0.39 is 0 Å². The Hall–Kier alpha value is -1.14. The van der Waals surface area contributed by atoms with Crippen LogP contribution in [0.15, 0.2) is 12.1 Å². The largest absolute Gasteiger partial charge is 0.378 e. The molecule has 1 aromatic carbocycles. The van der Waals surface area contributed by atoms with Gasteiger partial charge in [-0.05, 0) is 35.2 Å². The molecule has 1 aromatic rings. The van der Waals surface area contributed by atoms with E-state index in [0.29, 0.717) is 19.7 Å². The van der Waals surface area contributed by atoms with Crippen molar-refractivity contribution >= 4 is 17.5 Å². The zero-order valence-corrected chi connectivity index (χ0v) is 13.5. The number of nitrogens with zero attached hydrogens (tertiary/aromatic N) is 1. The topological polar surface area (TPSA) is 50.8 Å². The van der Waals surface area contributed by atoms with Crippen LogP contribution in [0.1, 0.15) is 22.7 Å². The Morgan fingerprint density at radius 1 is 1.55 bits per heavy atom. The van der Waals surface area contributed by atoms with Crippen molar-refractivity contribution in [3.8, 4) is 0 Å². The van der Waals surface area contributed by atoms with Crippen LogP contribution < -0.4 is 5.32 Å². The highest BCUT2D eigenvalue weighted by atomic mass is 35.5. The minimum Gasteiger partial charge on any atom is -0.378 e. The molecule has 0 aromatic heterocycles. The number of halogens is 1. The lowest BCUT2D eigenvalue weighted by Gasteiger charge is -2.33. The van der Waals surface area contributed by atoms with Gasteiger partial charge in [-0.2, -0.15) is 0 Å². The summed E-state index contributed by atoms with van der Waals surface area (Å²) in [6.07, 6.45) is 0.825. The van der Waals surface area contributed by atoms with E-state index in [4.69, 9.17) is 21.1 Å². The van der Waals surface area contributed by atoms with E-state index in [-0.39, 0.29) is 18.6 Å². The molecule has 1 atom stereocenters. The average Bonchev–Trinajstić information content (AvgIpc) is 2.54. The molecule has 0 aliphatic carbocycles. The number of ether oxygens (including phenoxy) is 2. The molecule has 0 radical (unpaired) electrons. The van der Waals surface area contributed by atoms with Crippen molar-refractivity contribution < 1.29 is 14.3 Å². The molecule has 1 unspecified atom stereocenters. The Labute approximate surface area is 135 Å². The Bertz CT molecular complexity index is 559. The Morgan fingerprint density at radius 3 is 3.14 bits per heavy atom. The molecule has 1 fully saturated rings. The van der Waals surface area contributed by atoms with Gasteiger partial charge in [-0.3, -0.25) is 4.79 Å². The number of fused-ring (bicyclic) bond motifs is 1. The number of amides is 1. The standard InChI is InChI=1S/C16H21ClN2O3/c1-21-10-16(20)19-4-2-11-6-12(17)7-13(14(11)8-19)15-9-22-5-3-18-15/h6-7,15,18H,2-5,8-10H2,1H3. The minimum atomic E-state index is 0.0295. The first-order chi connectivity index (χ1) is 10.7. The Balaban J connectivity index is 1.88. The first-order valence-electron chi connectivity index (χ1n) is 7.58. The van der Waals surface area contributed by atoms with E-state index in [2.05, 4.69) is 5.32 Å². The van der Waals surface area contributed by atoms with Crippen molar-refractivity contribution in [3.63, 3.8) is 0 Å². The van der Waals surface area contributed by atoms with Crippen molar-refractivity contribution in [1.29, 1.82) is 0 Å². The van der Waals surface area contributed by atoms with Crippen molar-refractivity contribution in [3.05, 3.63) is 33.8 Å². The molecule has 120 valence electrons. The lowest BCUT2D eigenvalue weighted by atomic mass is 9.91. The van der Waals surface area contributed by atoms with Gasteiger partial charge in [0.25, 0.3) is 0 Å². The van der Waals surface area contributed by atoms with Crippen LogP contribution in [-0.2, 0) is 27.2 Å². The van der Waals surface area contributed by atoms with E-state index in [0.717, 1.165) is 30.2 Å². The minimum absolute atomic E-state index is 0.0295. The number of methoxy groups -OCH3 is 1. The molecule has 1 amide bonds. The molecule has 22 heavy (non-hydrogen) atoms. The van der Waals surface area contributed by atoms with Crippen LogP contribution in [0.5, 0.6) is 0 Å². The first-order valence-corrected chi connectivity index (χ1v) is 7.96. The fourth-order valence-corrected chi connectivity index (χ4v) is 3.41. The summed E-state index contributed by atoms with van der Waals surface area (Å²) in [5, 5.41) is 4.22. The Morgan fingerprint density at radius 2 is 2.41 bits per heavy atom. The van der Waals surface area contributed by atoms with Gasteiger partial charge in [-0.15, -0.1) is 0 Å². The van der Waals surface area contributed by atoms with Crippen molar-refractivity contribution in [1.82, 2.24) is 10.2 Å². The number of hydrogen-bond donors (Lipinski definition) is 1. The van der Waals surface area contributed by atoms with E-state index >= 15 is 0 Å². The van der Waals surface area contributed by atoms with E-state index in [1.165, 1.54) is 11.1 Å². The summed E-state index contributed by atoms with van der Waals surface area (Å²) in [4.78, 5) is 14.0. The number of carbonyl (C=O) groups is 1. The summed E-state index contributed by atoms with van der Waals surface area (Å²) in [6.45, 7) is 3.66. The fraction of sp³-hybridized carbons (Fsp3) is 0.562. The van der Waals surface area contributed by atoms with Crippen LogP contribution in [0, 0.1) is 0 Å². The smallest absolute Gasteiger partial charge is 0.248 e. The third kappa shape index (κ3) is 3.27. The highest BCUT2D eigenvalue weighted by Gasteiger charge is 2.27. The molecular formula is C16H21ClN2O3. The van der Waals surface area contributed by atoms with E-state index in [9.17, 15) is 4.79 Å². The van der Waals surface area contributed by atoms with Gasteiger partial charge in [0, 0.05) is 31.8 Å². The van der Waals surface area contributed by atoms with Gasteiger partial charge in [0.2, 0.25) is 5.91 Å². The lowest BCUT2D eigenvalue weighted by Crippen LogP contribution is -2.40. The van der Waals surface area contributed by atoms with Gasteiger partial charge in [-0.25, -0.2) is 0 Å². The van der Waals surface area contributed by atoms with Crippen LogP contribution in [-0.4, -0.2) is 50.8 Å². The molecule has 1 saturated heterocycles. The summed E-state index contributed by atoms with van der Waals surface area (Å²) < 4.78 is 10.5. The highest BCUT2D eigenvalue weighted by Crippen LogP contribution is 2.31. The second-order valence-electron chi connectivity index (χ2n) is 5.71.